The number of carboxylic acid groups (broad SMARTS) is 1. The van der Waals surface area contributed by atoms with Gasteiger partial charge in [0.05, 0.1) is 12.2 Å². The first-order valence-corrected chi connectivity index (χ1v) is 4.37. The van der Waals surface area contributed by atoms with Gasteiger partial charge < -0.3 is 10.2 Å². The monoisotopic (exact) mass is 234 g/mol. The van der Waals surface area contributed by atoms with E-state index in [1.54, 1.807) is 0 Å². The fourth-order valence-electron chi connectivity index (χ4n) is 1.26. The van der Waals surface area contributed by atoms with E-state index in [0.29, 0.717) is 0 Å². The summed E-state index contributed by atoms with van der Waals surface area (Å²) < 4.78 is 37.0. The smallest absolute Gasteiger partial charge is 0.416 e. The van der Waals surface area contributed by atoms with Gasteiger partial charge in [-0.15, -0.1) is 0 Å². The predicted octanol–water partition coefficient (Wildman–Crippen LogP) is 1.87. The van der Waals surface area contributed by atoms with Gasteiger partial charge in [0.25, 0.3) is 0 Å². The van der Waals surface area contributed by atoms with E-state index in [2.05, 4.69) is 0 Å². The zero-order chi connectivity index (χ0) is 12.3. The van der Waals surface area contributed by atoms with Crippen LogP contribution >= 0.6 is 0 Å². The van der Waals surface area contributed by atoms with Gasteiger partial charge in [0.15, 0.2) is 0 Å². The number of alkyl halides is 3. The molecule has 0 saturated heterocycles. The summed E-state index contributed by atoms with van der Waals surface area (Å²) in [5.74, 6) is -2.69. The second-order valence-electron chi connectivity index (χ2n) is 3.20. The highest BCUT2D eigenvalue weighted by molar-refractivity contribution is 5.76. The first-order chi connectivity index (χ1) is 7.36. The first kappa shape index (κ1) is 12.5. The van der Waals surface area contributed by atoms with Gasteiger partial charge in [0.2, 0.25) is 0 Å². The molecule has 6 heteroatoms. The maximum atomic E-state index is 12.3. The summed E-state index contributed by atoms with van der Waals surface area (Å²) in [6.07, 6.45) is -4.52. The second-order valence-corrected chi connectivity index (χ2v) is 3.20. The van der Waals surface area contributed by atoms with Crippen LogP contribution in [0.2, 0.25) is 0 Å². The van der Waals surface area contributed by atoms with Crippen LogP contribution < -0.4 is 0 Å². The number of carbonyl (C=O) groups is 1. The lowest BCUT2D eigenvalue weighted by Gasteiger charge is -2.12. The predicted molar refractivity (Wildman–Crippen MR) is 48.9 cm³/mol. The molecule has 0 saturated carbocycles. The molecule has 0 aliphatic heterocycles. The van der Waals surface area contributed by atoms with Crippen LogP contribution in [0.5, 0.6) is 0 Å². The van der Waals surface area contributed by atoms with Gasteiger partial charge in [-0.3, -0.25) is 4.79 Å². The minimum absolute atomic E-state index is 0.0650. The van der Waals surface area contributed by atoms with Gasteiger partial charge >= 0.3 is 12.1 Å². The molecule has 1 aromatic carbocycles. The average Bonchev–Trinajstić information content (AvgIpc) is 2.17. The van der Waals surface area contributed by atoms with Gasteiger partial charge in [-0.25, -0.2) is 0 Å². The van der Waals surface area contributed by atoms with Crippen molar-refractivity contribution in [1.82, 2.24) is 0 Å². The zero-order valence-corrected chi connectivity index (χ0v) is 8.03. The molecule has 1 rings (SSSR count). The van der Waals surface area contributed by atoms with E-state index in [4.69, 9.17) is 10.2 Å². The molecule has 16 heavy (non-hydrogen) atoms. The van der Waals surface area contributed by atoms with Crippen LogP contribution in [-0.2, 0) is 11.0 Å². The summed E-state index contributed by atoms with van der Waals surface area (Å²) in [5.41, 5.74) is -0.991. The third-order valence-corrected chi connectivity index (χ3v) is 2.10. The Bertz CT molecular complexity index is 387. The number of hydrogen-bond acceptors (Lipinski definition) is 2. The van der Waals surface area contributed by atoms with Crippen LogP contribution in [0.25, 0.3) is 0 Å². The van der Waals surface area contributed by atoms with E-state index in [9.17, 15) is 18.0 Å². The molecular formula is C10H9F3O3. The molecule has 0 amide bonds. The lowest BCUT2D eigenvalue weighted by molar-refractivity contribution is -0.141. The van der Waals surface area contributed by atoms with Gasteiger partial charge in [-0.2, -0.15) is 13.2 Å². The highest BCUT2D eigenvalue weighted by Crippen LogP contribution is 2.31. The van der Waals surface area contributed by atoms with Crippen molar-refractivity contribution in [2.24, 2.45) is 0 Å². The van der Waals surface area contributed by atoms with Crippen LogP contribution in [0.15, 0.2) is 24.3 Å². The molecule has 3 nitrogen and oxygen atoms in total. The fourth-order valence-corrected chi connectivity index (χ4v) is 1.26. The number of aliphatic hydroxyl groups excluding tert-OH is 1. The molecule has 88 valence electrons. The summed E-state index contributed by atoms with van der Waals surface area (Å²) in [5, 5.41) is 17.5. The average molecular weight is 234 g/mol. The molecule has 0 fully saturated rings. The Kier molecular flexibility index (Phi) is 3.54. The minimum Gasteiger partial charge on any atom is -0.481 e. The topological polar surface area (TPSA) is 57.5 Å². The Labute approximate surface area is 89.1 Å². The molecule has 0 heterocycles. The number of aliphatic hydroxyl groups is 1. The molecule has 0 aliphatic rings. The highest BCUT2D eigenvalue weighted by atomic mass is 19.4. The molecule has 1 aromatic rings. The van der Waals surface area contributed by atoms with Crippen molar-refractivity contribution in [2.75, 3.05) is 6.61 Å². The normalized spacial score (nSPS) is 13.5. The molecule has 0 bridgehead atoms. The molecule has 1 atom stereocenters. The van der Waals surface area contributed by atoms with E-state index in [1.165, 1.54) is 6.07 Å². The summed E-state index contributed by atoms with van der Waals surface area (Å²) in [6, 6.07) is 3.93. The van der Waals surface area contributed by atoms with E-state index >= 15 is 0 Å². The quantitative estimate of drug-likeness (QED) is 0.839. The van der Waals surface area contributed by atoms with Crippen molar-refractivity contribution in [3.8, 4) is 0 Å². The van der Waals surface area contributed by atoms with Crippen molar-refractivity contribution in [2.45, 2.75) is 12.1 Å². The van der Waals surface area contributed by atoms with Gasteiger partial charge in [-0.1, -0.05) is 18.2 Å². The third-order valence-electron chi connectivity index (χ3n) is 2.10. The molecule has 0 spiro atoms. The van der Waals surface area contributed by atoms with Crippen LogP contribution in [-0.4, -0.2) is 22.8 Å². The van der Waals surface area contributed by atoms with E-state index in [1.807, 2.05) is 0 Å². The van der Waals surface area contributed by atoms with Gasteiger partial charge in [0, 0.05) is 0 Å². The number of hydrogen-bond donors (Lipinski definition) is 2. The van der Waals surface area contributed by atoms with Gasteiger partial charge in [0.1, 0.15) is 5.92 Å². The lowest BCUT2D eigenvalue weighted by Crippen LogP contribution is -2.16. The van der Waals surface area contributed by atoms with Gasteiger partial charge in [-0.05, 0) is 11.6 Å². The van der Waals surface area contributed by atoms with E-state index in [0.717, 1.165) is 18.2 Å². The summed E-state index contributed by atoms with van der Waals surface area (Å²) in [7, 11) is 0. The van der Waals surface area contributed by atoms with Crippen molar-refractivity contribution in [1.29, 1.82) is 0 Å². The van der Waals surface area contributed by atoms with Crippen molar-refractivity contribution < 1.29 is 28.2 Å². The van der Waals surface area contributed by atoms with Crippen LogP contribution in [0.1, 0.15) is 17.0 Å². The standard InChI is InChI=1S/C10H9F3O3/c11-10(12,13)7-3-1-2-6(4-7)8(5-14)9(15)16/h1-4,8,14H,5H2,(H,15,16)/t8-/m1/s1. The van der Waals surface area contributed by atoms with Crippen LogP contribution in [0.3, 0.4) is 0 Å². The Hall–Kier alpha value is -1.56. The molecule has 0 aromatic heterocycles. The largest absolute Gasteiger partial charge is 0.481 e. The van der Waals surface area contributed by atoms with Crippen molar-refractivity contribution >= 4 is 5.97 Å². The van der Waals surface area contributed by atoms with Crippen molar-refractivity contribution in [3.05, 3.63) is 35.4 Å². The molecule has 0 aliphatic carbocycles. The Morgan fingerprint density at radius 3 is 2.44 bits per heavy atom. The molecule has 0 radical (unpaired) electrons. The first-order valence-electron chi connectivity index (χ1n) is 4.37. The molecule has 0 unspecified atom stereocenters. The Balaban J connectivity index is 3.11. The van der Waals surface area contributed by atoms with Crippen LogP contribution in [0.4, 0.5) is 13.2 Å². The number of rotatable bonds is 3. The van der Waals surface area contributed by atoms with E-state index in [-0.39, 0.29) is 5.56 Å². The second kappa shape index (κ2) is 4.52. The number of carboxylic acids is 1. The molecular weight excluding hydrogens is 225 g/mol. The van der Waals surface area contributed by atoms with Crippen molar-refractivity contribution in [3.63, 3.8) is 0 Å². The number of halogens is 3. The SMILES string of the molecule is O=C(O)[C@H](CO)c1cccc(C(F)(F)F)c1. The lowest BCUT2D eigenvalue weighted by atomic mass is 9.98. The Morgan fingerprint density at radius 1 is 1.38 bits per heavy atom. The maximum Gasteiger partial charge on any atom is 0.416 e. The molecule has 2 N–H and O–H groups in total. The highest BCUT2D eigenvalue weighted by Gasteiger charge is 2.31. The summed E-state index contributed by atoms with van der Waals surface area (Å²) >= 11 is 0. The Morgan fingerprint density at radius 2 is 2.00 bits per heavy atom. The zero-order valence-electron chi connectivity index (χ0n) is 8.03. The maximum absolute atomic E-state index is 12.3. The third kappa shape index (κ3) is 2.73. The minimum atomic E-state index is -4.52. The fraction of sp³-hybridized carbons (Fsp3) is 0.300. The van der Waals surface area contributed by atoms with E-state index < -0.39 is 30.2 Å². The summed E-state index contributed by atoms with van der Waals surface area (Å²) in [4.78, 5) is 10.7. The van der Waals surface area contributed by atoms with Crippen LogP contribution in [0, 0.1) is 0 Å². The summed E-state index contributed by atoms with van der Waals surface area (Å²) in [6.45, 7) is -0.739. The number of aliphatic carboxylic acids is 1. The number of benzene rings is 1.